The monoisotopic (exact) mass is 198 g/mol. The summed E-state index contributed by atoms with van der Waals surface area (Å²) in [5, 5.41) is 0. The van der Waals surface area contributed by atoms with Crippen LogP contribution in [-0.4, -0.2) is 25.8 Å². The van der Waals surface area contributed by atoms with Crippen molar-refractivity contribution in [3.63, 3.8) is 0 Å². The van der Waals surface area contributed by atoms with Crippen LogP contribution < -0.4 is 0 Å². The summed E-state index contributed by atoms with van der Waals surface area (Å²) in [7, 11) is 0. The molecule has 0 aromatic heterocycles. The molecule has 1 fully saturated rings. The Morgan fingerprint density at radius 2 is 2.50 bits per heavy atom. The van der Waals surface area contributed by atoms with Gasteiger partial charge in [0.15, 0.2) is 0 Å². The second kappa shape index (κ2) is 5.81. The van der Waals surface area contributed by atoms with Gasteiger partial charge in [-0.1, -0.05) is 6.58 Å². The van der Waals surface area contributed by atoms with Crippen molar-refractivity contribution < 1.29 is 14.3 Å². The topological polar surface area (TPSA) is 35.5 Å². The molecule has 1 atom stereocenters. The van der Waals surface area contributed by atoms with E-state index in [2.05, 4.69) is 6.58 Å². The van der Waals surface area contributed by atoms with Crippen molar-refractivity contribution in [1.82, 2.24) is 0 Å². The van der Waals surface area contributed by atoms with Crippen LogP contribution in [0.5, 0.6) is 0 Å². The summed E-state index contributed by atoms with van der Waals surface area (Å²) in [4.78, 5) is 11.0. The van der Waals surface area contributed by atoms with Crippen molar-refractivity contribution in [1.29, 1.82) is 0 Å². The average Bonchev–Trinajstić information content (AvgIpc) is 2.52. The molecule has 0 aromatic rings. The Bertz CT molecular complexity index is 211. The van der Waals surface area contributed by atoms with Crippen LogP contribution in [0.15, 0.2) is 12.2 Å². The second-order valence-corrected chi connectivity index (χ2v) is 3.57. The Morgan fingerprint density at radius 1 is 1.71 bits per heavy atom. The van der Waals surface area contributed by atoms with Gasteiger partial charge in [0, 0.05) is 12.3 Å². The third-order valence-electron chi connectivity index (χ3n) is 2.42. The summed E-state index contributed by atoms with van der Waals surface area (Å²) in [5.74, 6) is 0.349. The maximum atomic E-state index is 11.0. The average molecular weight is 198 g/mol. The van der Waals surface area contributed by atoms with Gasteiger partial charge in [-0.25, -0.2) is 0 Å². The van der Waals surface area contributed by atoms with E-state index < -0.39 is 0 Å². The van der Waals surface area contributed by atoms with Crippen LogP contribution in [0.2, 0.25) is 0 Å². The number of ether oxygens (including phenoxy) is 2. The van der Waals surface area contributed by atoms with Crippen LogP contribution in [0.25, 0.3) is 0 Å². The van der Waals surface area contributed by atoms with E-state index in [0.29, 0.717) is 25.6 Å². The number of esters is 1. The summed E-state index contributed by atoms with van der Waals surface area (Å²) < 4.78 is 10.1. The van der Waals surface area contributed by atoms with E-state index in [4.69, 9.17) is 9.47 Å². The molecule has 0 radical (unpaired) electrons. The second-order valence-electron chi connectivity index (χ2n) is 3.57. The molecule has 0 amide bonds. The first-order valence-electron chi connectivity index (χ1n) is 5.15. The molecule has 1 aliphatic rings. The van der Waals surface area contributed by atoms with Crippen molar-refractivity contribution in [3.05, 3.63) is 12.2 Å². The molecular formula is C11H18O3. The third-order valence-corrected chi connectivity index (χ3v) is 2.42. The highest BCUT2D eigenvalue weighted by Gasteiger charge is 2.19. The summed E-state index contributed by atoms with van der Waals surface area (Å²) in [6.07, 6.45) is 2.36. The Labute approximate surface area is 85.1 Å². The molecular weight excluding hydrogens is 180 g/mol. The first-order valence-corrected chi connectivity index (χ1v) is 5.15. The lowest BCUT2D eigenvalue weighted by molar-refractivity contribution is -0.143. The van der Waals surface area contributed by atoms with Gasteiger partial charge in [0.2, 0.25) is 0 Å². The maximum absolute atomic E-state index is 11.0. The quantitative estimate of drug-likeness (QED) is 0.500. The fourth-order valence-corrected chi connectivity index (χ4v) is 1.58. The minimum Gasteiger partial charge on any atom is -0.466 e. The summed E-state index contributed by atoms with van der Waals surface area (Å²) in [6, 6.07) is 0. The lowest BCUT2D eigenvalue weighted by Crippen LogP contribution is -2.06. The minimum atomic E-state index is -0.1000. The van der Waals surface area contributed by atoms with E-state index in [1.165, 1.54) is 0 Å². The first-order chi connectivity index (χ1) is 6.74. The molecule has 0 bridgehead atoms. The molecule has 0 aliphatic carbocycles. The highest BCUT2D eigenvalue weighted by atomic mass is 16.5. The molecule has 1 heterocycles. The number of hydrogen-bond acceptors (Lipinski definition) is 3. The van der Waals surface area contributed by atoms with Crippen LogP contribution in [-0.2, 0) is 14.3 Å². The van der Waals surface area contributed by atoms with E-state index in [0.717, 1.165) is 25.0 Å². The summed E-state index contributed by atoms with van der Waals surface area (Å²) >= 11 is 0. The van der Waals surface area contributed by atoms with Crippen molar-refractivity contribution in [2.24, 2.45) is 5.92 Å². The largest absolute Gasteiger partial charge is 0.466 e. The van der Waals surface area contributed by atoms with Gasteiger partial charge in [-0.05, 0) is 25.3 Å². The fourth-order valence-electron chi connectivity index (χ4n) is 1.58. The molecule has 0 spiro atoms. The molecule has 1 rings (SSSR count). The van der Waals surface area contributed by atoms with Crippen molar-refractivity contribution in [2.75, 3.05) is 19.8 Å². The van der Waals surface area contributed by atoms with Crippen LogP contribution in [0.3, 0.4) is 0 Å². The zero-order chi connectivity index (χ0) is 10.4. The van der Waals surface area contributed by atoms with E-state index in [1.54, 1.807) is 0 Å². The van der Waals surface area contributed by atoms with E-state index >= 15 is 0 Å². The molecule has 14 heavy (non-hydrogen) atoms. The number of hydrogen-bond donors (Lipinski definition) is 0. The Balaban J connectivity index is 2.08. The van der Waals surface area contributed by atoms with Crippen LogP contribution in [0, 0.1) is 5.92 Å². The first kappa shape index (κ1) is 11.2. The number of carbonyl (C=O) groups is 1. The van der Waals surface area contributed by atoms with Gasteiger partial charge in [0.05, 0.1) is 19.8 Å². The predicted molar refractivity (Wildman–Crippen MR) is 53.9 cm³/mol. The Morgan fingerprint density at radius 3 is 3.07 bits per heavy atom. The molecule has 1 unspecified atom stereocenters. The number of carbonyl (C=O) groups excluding carboxylic acids is 1. The molecule has 1 aliphatic heterocycles. The van der Waals surface area contributed by atoms with Gasteiger partial charge in [-0.2, -0.15) is 0 Å². The SMILES string of the molecule is C=C1COCC1CCCC(=O)OCC. The molecule has 80 valence electrons. The van der Waals surface area contributed by atoms with Crippen LogP contribution in [0.1, 0.15) is 26.2 Å². The van der Waals surface area contributed by atoms with Crippen LogP contribution in [0.4, 0.5) is 0 Å². The fraction of sp³-hybridized carbons (Fsp3) is 0.727. The molecule has 0 saturated carbocycles. The molecule has 0 aromatic carbocycles. The van der Waals surface area contributed by atoms with Crippen molar-refractivity contribution >= 4 is 5.97 Å². The third kappa shape index (κ3) is 3.50. The molecule has 3 heteroatoms. The zero-order valence-electron chi connectivity index (χ0n) is 8.75. The Hall–Kier alpha value is -0.830. The van der Waals surface area contributed by atoms with Gasteiger partial charge in [0.25, 0.3) is 0 Å². The molecule has 1 saturated heterocycles. The lowest BCUT2D eigenvalue weighted by Gasteiger charge is -2.07. The molecule has 0 N–H and O–H groups in total. The Kier molecular flexibility index (Phi) is 4.66. The predicted octanol–water partition coefficient (Wildman–Crippen LogP) is 1.92. The van der Waals surface area contributed by atoms with Crippen molar-refractivity contribution in [3.8, 4) is 0 Å². The van der Waals surface area contributed by atoms with E-state index in [9.17, 15) is 4.79 Å². The van der Waals surface area contributed by atoms with Gasteiger partial charge in [-0.3, -0.25) is 4.79 Å². The van der Waals surface area contributed by atoms with E-state index in [-0.39, 0.29) is 5.97 Å². The van der Waals surface area contributed by atoms with Crippen molar-refractivity contribution in [2.45, 2.75) is 26.2 Å². The van der Waals surface area contributed by atoms with Gasteiger partial charge in [-0.15, -0.1) is 0 Å². The summed E-state index contributed by atoms with van der Waals surface area (Å²) in [6.45, 7) is 7.67. The highest BCUT2D eigenvalue weighted by Crippen LogP contribution is 2.23. The molecule has 3 nitrogen and oxygen atoms in total. The maximum Gasteiger partial charge on any atom is 0.305 e. The van der Waals surface area contributed by atoms with Gasteiger partial charge in [0.1, 0.15) is 0 Å². The van der Waals surface area contributed by atoms with Crippen LogP contribution >= 0.6 is 0 Å². The highest BCUT2D eigenvalue weighted by molar-refractivity contribution is 5.69. The minimum absolute atomic E-state index is 0.1000. The van der Waals surface area contributed by atoms with Gasteiger partial charge < -0.3 is 9.47 Å². The summed E-state index contributed by atoms with van der Waals surface area (Å²) in [5.41, 5.74) is 1.16. The van der Waals surface area contributed by atoms with Gasteiger partial charge >= 0.3 is 5.97 Å². The van der Waals surface area contributed by atoms with E-state index in [1.807, 2.05) is 6.92 Å². The standard InChI is InChI=1S/C11H18O3/c1-3-14-11(12)6-4-5-10-8-13-7-9(10)2/h10H,2-8H2,1H3. The lowest BCUT2D eigenvalue weighted by atomic mass is 9.98. The zero-order valence-corrected chi connectivity index (χ0v) is 8.75. The number of rotatable bonds is 5. The normalized spacial score (nSPS) is 21.2. The smallest absolute Gasteiger partial charge is 0.305 e.